The zero-order chi connectivity index (χ0) is 14.1. The highest BCUT2D eigenvalue weighted by Gasteiger charge is 2.22. The number of nitrogens with one attached hydrogen (secondary N) is 1. The van der Waals surface area contributed by atoms with Crippen molar-refractivity contribution < 1.29 is 0 Å². The Morgan fingerprint density at radius 1 is 1.50 bits per heavy atom. The smallest absolute Gasteiger partial charge is 0.116 e. The van der Waals surface area contributed by atoms with Crippen molar-refractivity contribution in [2.75, 3.05) is 0 Å². The molecule has 0 aromatic carbocycles. The van der Waals surface area contributed by atoms with Crippen molar-refractivity contribution in [2.45, 2.75) is 42.4 Å². The van der Waals surface area contributed by atoms with E-state index in [-0.39, 0.29) is 0 Å². The molecular weight excluding hydrogens is 336 g/mol. The Balaban J connectivity index is 1.85. The van der Waals surface area contributed by atoms with Crippen LogP contribution in [0.5, 0.6) is 0 Å². The normalized spacial score (nSPS) is 14.8. The molecule has 0 amide bonds. The van der Waals surface area contributed by atoms with Gasteiger partial charge in [-0.2, -0.15) is 5.10 Å². The molecule has 1 aliphatic carbocycles. The number of aromatic nitrogens is 3. The first-order valence-corrected chi connectivity index (χ1v) is 8.30. The van der Waals surface area contributed by atoms with Crippen molar-refractivity contribution in [3.8, 4) is 0 Å². The lowest BCUT2D eigenvalue weighted by Crippen LogP contribution is -2.16. The van der Waals surface area contributed by atoms with Gasteiger partial charge in [0.15, 0.2) is 0 Å². The molecule has 1 aliphatic rings. The molecule has 1 saturated carbocycles. The molecule has 1 N–H and O–H groups in total. The third kappa shape index (κ3) is 3.07. The molecule has 2 aromatic heterocycles. The number of hydrogen-bond acceptors (Lipinski definition) is 4. The van der Waals surface area contributed by atoms with Gasteiger partial charge in [-0.1, -0.05) is 0 Å². The summed E-state index contributed by atoms with van der Waals surface area (Å²) < 4.78 is 2.97. The van der Waals surface area contributed by atoms with Gasteiger partial charge in [0, 0.05) is 31.4 Å². The van der Waals surface area contributed by atoms with Gasteiger partial charge in [0.1, 0.15) is 10.1 Å². The molecule has 6 heteroatoms. The maximum absolute atomic E-state index is 4.55. The Bertz CT molecular complexity index is 622. The Kier molecular flexibility index (Phi) is 4.14. The summed E-state index contributed by atoms with van der Waals surface area (Å²) in [6, 6.07) is 4.65. The van der Waals surface area contributed by atoms with E-state index in [9.17, 15) is 0 Å². The van der Waals surface area contributed by atoms with Crippen molar-refractivity contribution in [2.24, 2.45) is 7.05 Å². The number of hydrogen-bond donors (Lipinski definition) is 1. The molecule has 106 valence electrons. The van der Waals surface area contributed by atoms with Gasteiger partial charge in [0.25, 0.3) is 0 Å². The first kappa shape index (κ1) is 14.1. The van der Waals surface area contributed by atoms with Crippen LogP contribution in [0.2, 0.25) is 0 Å². The van der Waals surface area contributed by atoms with Gasteiger partial charge in [0.05, 0.1) is 10.2 Å². The molecule has 2 heterocycles. The van der Waals surface area contributed by atoms with Gasteiger partial charge in [-0.3, -0.25) is 4.68 Å². The number of rotatable bonds is 5. The minimum absolute atomic E-state index is 0.703. The Hall–Kier alpha value is -0.850. The van der Waals surface area contributed by atoms with Crippen LogP contribution in [-0.4, -0.2) is 20.8 Å². The van der Waals surface area contributed by atoms with E-state index in [4.69, 9.17) is 0 Å². The summed E-state index contributed by atoms with van der Waals surface area (Å²) in [4.78, 5) is 4.43. The van der Waals surface area contributed by atoms with Crippen LogP contribution >= 0.6 is 27.7 Å². The fourth-order valence-electron chi connectivity index (χ4n) is 2.08. The standard InChI is InChI=1S/C14H17BrN4S/c1-9-11(8-17-10-5-6-10)14(19(2)18-9)20-13-12(15)4-3-7-16-13/h3-4,7,10,17H,5-6,8H2,1-2H3. The zero-order valence-corrected chi connectivity index (χ0v) is 14.0. The van der Waals surface area contributed by atoms with Crippen LogP contribution in [0.3, 0.4) is 0 Å². The van der Waals surface area contributed by atoms with Crippen molar-refractivity contribution in [1.29, 1.82) is 0 Å². The van der Waals surface area contributed by atoms with E-state index < -0.39 is 0 Å². The van der Waals surface area contributed by atoms with Crippen LogP contribution in [-0.2, 0) is 13.6 Å². The summed E-state index contributed by atoms with van der Waals surface area (Å²) in [6.45, 7) is 2.96. The minimum Gasteiger partial charge on any atom is -0.310 e. The summed E-state index contributed by atoms with van der Waals surface area (Å²) >= 11 is 5.22. The molecule has 0 atom stereocenters. The van der Waals surface area contributed by atoms with Crippen LogP contribution in [0.25, 0.3) is 0 Å². The van der Waals surface area contributed by atoms with Crippen molar-refractivity contribution in [1.82, 2.24) is 20.1 Å². The first-order chi connectivity index (χ1) is 9.65. The van der Waals surface area contributed by atoms with Gasteiger partial charge < -0.3 is 5.32 Å². The number of halogens is 1. The van der Waals surface area contributed by atoms with E-state index in [0.29, 0.717) is 6.04 Å². The average molecular weight is 353 g/mol. The average Bonchev–Trinajstić information content (AvgIpc) is 3.19. The molecular formula is C14H17BrN4S. The second-order valence-electron chi connectivity index (χ2n) is 5.04. The fraction of sp³-hybridized carbons (Fsp3) is 0.429. The predicted molar refractivity (Wildman–Crippen MR) is 83.9 cm³/mol. The number of aryl methyl sites for hydroxylation is 2. The second-order valence-corrected chi connectivity index (χ2v) is 6.87. The van der Waals surface area contributed by atoms with Crippen molar-refractivity contribution in [3.63, 3.8) is 0 Å². The molecule has 4 nitrogen and oxygen atoms in total. The lowest BCUT2D eigenvalue weighted by molar-refractivity contribution is 0.658. The van der Waals surface area contributed by atoms with Crippen molar-refractivity contribution in [3.05, 3.63) is 34.1 Å². The number of pyridine rings is 1. The highest BCUT2D eigenvalue weighted by molar-refractivity contribution is 9.10. The van der Waals surface area contributed by atoms with Gasteiger partial charge in [-0.25, -0.2) is 4.98 Å². The summed E-state index contributed by atoms with van der Waals surface area (Å²) in [5.74, 6) is 0. The molecule has 0 radical (unpaired) electrons. The SMILES string of the molecule is Cc1nn(C)c(Sc2ncccc2Br)c1CNC1CC1. The second kappa shape index (κ2) is 5.87. The van der Waals surface area contributed by atoms with Gasteiger partial charge >= 0.3 is 0 Å². The monoisotopic (exact) mass is 352 g/mol. The summed E-state index contributed by atoms with van der Waals surface area (Å²) in [5.41, 5.74) is 2.37. The lowest BCUT2D eigenvalue weighted by Gasteiger charge is -2.08. The molecule has 0 unspecified atom stereocenters. The van der Waals surface area contributed by atoms with Crippen LogP contribution in [0.15, 0.2) is 32.9 Å². The Morgan fingerprint density at radius 3 is 3.00 bits per heavy atom. The van der Waals surface area contributed by atoms with Crippen LogP contribution in [0.1, 0.15) is 24.1 Å². The minimum atomic E-state index is 0.703. The van der Waals surface area contributed by atoms with E-state index in [1.54, 1.807) is 11.8 Å². The summed E-state index contributed by atoms with van der Waals surface area (Å²) in [7, 11) is 1.99. The van der Waals surface area contributed by atoms with Crippen LogP contribution < -0.4 is 5.32 Å². The third-order valence-corrected chi connectivity index (χ3v) is 5.48. The van der Waals surface area contributed by atoms with Gasteiger partial charge in [-0.15, -0.1) is 0 Å². The molecule has 20 heavy (non-hydrogen) atoms. The molecule has 0 aliphatic heterocycles. The molecule has 2 aromatic rings. The van der Waals surface area contributed by atoms with Crippen molar-refractivity contribution >= 4 is 27.7 Å². The number of nitrogens with zero attached hydrogens (tertiary/aromatic N) is 3. The van der Waals surface area contributed by atoms with Gasteiger partial charge in [-0.05, 0) is 59.6 Å². The third-order valence-electron chi connectivity index (χ3n) is 3.35. The molecule has 3 rings (SSSR count). The van der Waals surface area contributed by atoms with E-state index in [1.165, 1.54) is 18.4 Å². The van der Waals surface area contributed by atoms with E-state index >= 15 is 0 Å². The summed E-state index contributed by atoms with van der Waals surface area (Å²) in [6.07, 6.45) is 4.42. The summed E-state index contributed by atoms with van der Waals surface area (Å²) in [5, 5.41) is 10.3. The molecule has 0 bridgehead atoms. The van der Waals surface area contributed by atoms with Crippen LogP contribution in [0.4, 0.5) is 0 Å². The molecule has 0 saturated heterocycles. The molecule has 0 spiro atoms. The quantitative estimate of drug-likeness (QED) is 0.896. The topological polar surface area (TPSA) is 42.7 Å². The Morgan fingerprint density at radius 2 is 2.30 bits per heavy atom. The predicted octanol–water partition coefficient (Wildman–Crippen LogP) is 3.29. The van der Waals surface area contributed by atoms with E-state index in [0.717, 1.165) is 26.8 Å². The van der Waals surface area contributed by atoms with Gasteiger partial charge in [0.2, 0.25) is 0 Å². The Labute approximate surface area is 131 Å². The largest absolute Gasteiger partial charge is 0.310 e. The maximum atomic E-state index is 4.55. The lowest BCUT2D eigenvalue weighted by atomic mass is 10.2. The van der Waals surface area contributed by atoms with E-state index in [2.05, 4.69) is 38.3 Å². The maximum Gasteiger partial charge on any atom is 0.116 e. The fourth-order valence-corrected chi connectivity index (χ4v) is 3.56. The van der Waals surface area contributed by atoms with Crippen LogP contribution in [0, 0.1) is 6.92 Å². The zero-order valence-electron chi connectivity index (χ0n) is 11.6. The first-order valence-electron chi connectivity index (χ1n) is 6.69. The highest BCUT2D eigenvalue weighted by atomic mass is 79.9. The highest BCUT2D eigenvalue weighted by Crippen LogP contribution is 2.34. The molecule has 1 fully saturated rings. The van der Waals surface area contributed by atoms with E-state index in [1.807, 2.05) is 30.1 Å².